The summed E-state index contributed by atoms with van der Waals surface area (Å²) in [6, 6.07) is 4.10. The Hall–Kier alpha value is -1.86. The van der Waals surface area contributed by atoms with E-state index in [1.54, 1.807) is 11.3 Å². The third-order valence-corrected chi connectivity index (χ3v) is 5.69. The fourth-order valence-corrected chi connectivity index (χ4v) is 3.95. The van der Waals surface area contributed by atoms with Crippen molar-refractivity contribution in [3.05, 3.63) is 40.6 Å². The van der Waals surface area contributed by atoms with Crippen molar-refractivity contribution in [1.29, 1.82) is 0 Å². The number of likely N-dealkylation sites (tertiary alicyclic amines) is 1. The first kappa shape index (κ1) is 18.9. The summed E-state index contributed by atoms with van der Waals surface area (Å²) >= 11 is 1.74. The second kappa shape index (κ2) is 9.73. The van der Waals surface area contributed by atoms with Crippen LogP contribution in [0.4, 0.5) is 0 Å². The Bertz CT molecular complexity index is 670. The summed E-state index contributed by atoms with van der Waals surface area (Å²) in [6.07, 6.45) is 6.63. The normalized spacial score (nSPS) is 16.8. The van der Waals surface area contributed by atoms with Gasteiger partial charge in [0, 0.05) is 51.0 Å². The van der Waals surface area contributed by atoms with E-state index in [0.29, 0.717) is 5.92 Å². The van der Waals surface area contributed by atoms with E-state index in [4.69, 9.17) is 0 Å². The molecule has 0 bridgehead atoms. The summed E-state index contributed by atoms with van der Waals surface area (Å²) in [5.41, 5.74) is 1.22. The first-order chi connectivity index (χ1) is 12.7. The third-order valence-electron chi connectivity index (χ3n) is 4.87. The van der Waals surface area contributed by atoms with Crippen molar-refractivity contribution in [2.75, 3.05) is 33.2 Å². The largest absolute Gasteiger partial charge is 0.356 e. The highest BCUT2D eigenvalue weighted by molar-refractivity contribution is 7.09. The number of nitrogens with one attached hydrogen (secondary N) is 2. The molecule has 3 heterocycles. The molecule has 2 aromatic rings. The van der Waals surface area contributed by atoms with Gasteiger partial charge in [-0.25, -0.2) is 4.98 Å². The molecule has 0 aliphatic carbocycles. The van der Waals surface area contributed by atoms with Crippen molar-refractivity contribution in [2.24, 2.45) is 10.9 Å². The minimum Gasteiger partial charge on any atom is -0.356 e. The van der Waals surface area contributed by atoms with Crippen molar-refractivity contribution < 1.29 is 0 Å². The number of aryl methyl sites for hydroxylation is 1. The van der Waals surface area contributed by atoms with Gasteiger partial charge >= 0.3 is 0 Å². The number of hydrogen-bond donors (Lipinski definition) is 2. The summed E-state index contributed by atoms with van der Waals surface area (Å²) in [5.74, 6) is 1.61. The number of hydrogen-bond acceptors (Lipinski definition) is 4. The first-order valence-electron chi connectivity index (χ1n) is 9.41. The van der Waals surface area contributed by atoms with Crippen LogP contribution < -0.4 is 10.6 Å². The first-order valence-corrected chi connectivity index (χ1v) is 10.3. The molecule has 0 saturated carbocycles. The van der Waals surface area contributed by atoms with Gasteiger partial charge in [0.15, 0.2) is 5.96 Å². The molecule has 6 nitrogen and oxygen atoms in total. The Morgan fingerprint density at radius 1 is 1.27 bits per heavy atom. The molecule has 1 aliphatic heterocycles. The minimum atomic E-state index is 0.714. The van der Waals surface area contributed by atoms with Gasteiger partial charge in [-0.1, -0.05) is 0 Å². The summed E-state index contributed by atoms with van der Waals surface area (Å²) in [4.78, 5) is 11.4. The van der Waals surface area contributed by atoms with Gasteiger partial charge in [-0.15, -0.1) is 11.3 Å². The second-order valence-corrected chi connectivity index (χ2v) is 7.94. The van der Waals surface area contributed by atoms with Crippen LogP contribution in [0.5, 0.6) is 0 Å². The lowest BCUT2D eigenvalue weighted by Gasteiger charge is -2.31. The molecule has 142 valence electrons. The highest BCUT2D eigenvalue weighted by atomic mass is 32.1. The van der Waals surface area contributed by atoms with E-state index in [9.17, 15) is 0 Å². The van der Waals surface area contributed by atoms with E-state index in [1.165, 1.54) is 18.5 Å². The lowest BCUT2D eigenvalue weighted by atomic mass is 9.97. The number of thiazole rings is 1. The fourth-order valence-electron chi connectivity index (χ4n) is 3.34. The van der Waals surface area contributed by atoms with Crippen molar-refractivity contribution in [2.45, 2.75) is 32.9 Å². The van der Waals surface area contributed by atoms with Crippen LogP contribution in [0.3, 0.4) is 0 Å². The average Bonchev–Trinajstić information content (AvgIpc) is 3.31. The molecule has 0 aromatic carbocycles. The predicted molar refractivity (Wildman–Crippen MR) is 109 cm³/mol. The van der Waals surface area contributed by atoms with Gasteiger partial charge in [0.25, 0.3) is 0 Å². The molecule has 3 rings (SSSR count). The summed E-state index contributed by atoms with van der Waals surface area (Å²) in [7, 11) is 1.84. The summed E-state index contributed by atoms with van der Waals surface area (Å²) in [6.45, 7) is 8.19. The van der Waals surface area contributed by atoms with Crippen LogP contribution in [0.1, 0.15) is 23.5 Å². The Labute approximate surface area is 160 Å². The van der Waals surface area contributed by atoms with Gasteiger partial charge in [-0.05, 0) is 50.9 Å². The van der Waals surface area contributed by atoms with Crippen LogP contribution in [-0.2, 0) is 13.1 Å². The Morgan fingerprint density at radius 2 is 2.04 bits per heavy atom. The predicted octanol–water partition coefficient (Wildman–Crippen LogP) is 2.33. The topological polar surface area (TPSA) is 57.5 Å². The summed E-state index contributed by atoms with van der Waals surface area (Å²) in [5, 5.41) is 10.2. The zero-order chi connectivity index (χ0) is 18.2. The molecule has 0 radical (unpaired) electrons. The standard InChI is InChI=1S/C19H30N6S/c1-16-23-18(15-26-16)14-25-10-5-17(6-11-25)13-22-19(20-2)21-7-12-24-8-3-4-9-24/h3-4,8-9,15,17H,5-7,10-14H2,1-2H3,(H2,20,21,22). The SMILES string of the molecule is CN=C(NCCn1cccc1)NCC1CCN(Cc2csc(C)n2)CC1. The van der Waals surface area contributed by atoms with Crippen molar-refractivity contribution in [3.63, 3.8) is 0 Å². The minimum absolute atomic E-state index is 0.714. The van der Waals surface area contributed by atoms with E-state index in [0.717, 1.165) is 50.2 Å². The van der Waals surface area contributed by atoms with Gasteiger partial charge in [-0.2, -0.15) is 0 Å². The quantitative estimate of drug-likeness (QED) is 0.577. The number of guanidine groups is 1. The highest BCUT2D eigenvalue weighted by Crippen LogP contribution is 2.19. The smallest absolute Gasteiger partial charge is 0.191 e. The Kier molecular flexibility index (Phi) is 7.08. The third kappa shape index (κ3) is 5.85. The number of aliphatic imine (C=N–C) groups is 1. The lowest BCUT2D eigenvalue weighted by molar-refractivity contribution is 0.176. The number of aromatic nitrogens is 2. The molecular weight excluding hydrogens is 344 g/mol. The molecule has 1 saturated heterocycles. The van der Waals surface area contributed by atoms with Crippen LogP contribution in [0, 0.1) is 12.8 Å². The lowest BCUT2D eigenvalue weighted by Crippen LogP contribution is -2.43. The zero-order valence-electron chi connectivity index (χ0n) is 15.8. The van der Waals surface area contributed by atoms with Crippen LogP contribution >= 0.6 is 11.3 Å². The van der Waals surface area contributed by atoms with Crippen LogP contribution in [0.15, 0.2) is 34.9 Å². The molecule has 7 heteroatoms. The molecule has 0 spiro atoms. The average molecular weight is 375 g/mol. The van der Waals surface area contributed by atoms with Gasteiger partial charge < -0.3 is 15.2 Å². The maximum atomic E-state index is 4.58. The Morgan fingerprint density at radius 3 is 2.69 bits per heavy atom. The number of rotatable bonds is 7. The van der Waals surface area contributed by atoms with Crippen molar-refractivity contribution in [1.82, 2.24) is 25.1 Å². The van der Waals surface area contributed by atoms with Gasteiger partial charge in [0.1, 0.15) is 0 Å². The van der Waals surface area contributed by atoms with Crippen LogP contribution in [0.25, 0.3) is 0 Å². The molecular formula is C19H30N6S. The summed E-state index contributed by atoms with van der Waals surface area (Å²) < 4.78 is 2.17. The highest BCUT2D eigenvalue weighted by Gasteiger charge is 2.20. The van der Waals surface area contributed by atoms with Gasteiger partial charge in [0.2, 0.25) is 0 Å². The second-order valence-electron chi connectivity index (χ2n) is 6.88. The number of piperidine rings is 1. The molecule has 0 atom stereocenters. The molecule has 26 heavy (non-hydrogen) atoms. The molecule has 0 amide bonds. The van der Waals surface area contributed by atoms with Gasteiger partial charge in [0.05, 0.1) is 10.7 Å². The van der Waals surface area contributed by atoms with E-state index in [-0.39, 0.29) is 0 Å². The molecule has 0 unspecified atom stereocenters. The zero-order valence-corrected chi connectivity index (χ0v) is 16.6. The van der Waals surface area contributed by atoms with E-state index in [2.05, 4.69) is 66.9 Å². The van der Waals surface area contributed by atoms with Crippen molar-refractivity contribution >= 4 is 17.3 Å². The molecule has 2 N–H and O–H groups in total. The van der Waals surface area contributed by atoms with E-state index in [1.807, 2.05) is 7.05 Å². The maximum Gasteiger partial charge on any atom is 0.191 e. The van der Waals surface area contributed by atoms with E-state index < -0.39 is 0 Å². The molecule has 1 fully saturated rings. The number of nitrogens with zero attached hydrogens (tertiary/aromatic N) is 4. The molecule has 1 aliphatic rings. The fraction of sp³-hybridized carbons (Fsp3) is 0.579. The van der Waals surface area contributed by atoms with Gasteiger partial charge in [-0.3, -0.25) is 9.89 Å². The molecule has 2 aromatic heterocycles. The van der Waals surface area contributed by atoms with Crippen LogP contribution in [-0.4, -0.2) is 53.6 Å². The van der Waals surface area contributed by atoms with Crippen LogP contribution in [0.2, 0.25) is 0 Å². The monoisotopic (exact) mass is 374 g/mol. The Balaban J connectivity index is 1.32. The maximum absolute atomic E-state index is 4.58. The van der Waals surface area contributed by atoms with Crippen molar-refractivity contribution in [3.8, 4) is 0 Å². The van der Waals surface area contributed by atoms with E-state index >= 15 is 0 Å².